The zero-order chi connectivity index (χ0) is 19.2. The third-order valence-electron chi connectivity index (χ3n) is 4.34. The lowest BCUT2D eigenvalue weighted by atomic mass is 10.0. The van der Waals surface area contributed by atoms with Crippen LogP contribution >= 0.6 is 0 Å². The van der Waals surface area contributed by atoms with Gasteiger partial charge in [-0.15, -0.1) is 0 Å². The van der Waals surface area contributed by atoms with E-state index in [0.717, 1.165) is 16.7 Å². The SMILES string of the molecule is COc1ccc(C(=O)Nc2cc(-c3ccc(CCO)cc3)ccc2N)cc1. The molecule has 4 N–H and O–H groups in total. The van der Waals surface area contributed by atoms with Crippen LogP contribution in [0.4, 0.5) is 11.4 Å². The molecular weight excluding hydrogens is 340 g/mol. The Bertz CT molecular complexity index is 919. The van der Waals surface area contributed by atoms with E-state index in [1.54, 1.807) is 37.4 Å². The van der Waals surface area contributed by atoms with Crippen LogP contribution in [0.3, 0.4) is 0 Å². The van der Waals surface area contributed by atoms with E-state index in [-0.39, 0.29) is 12.5 Å². The third kappa shape index (κ3) is 4.46. The van der Waals surface area contributed by atoms with E-state index in [1.807, 2.05) is 36.4 Å². The minimum atomic E-state index is -0.236. The molecule has 0 fully saturated rings. The van der Waals surface area contributed by atoms with Crippen LogP contribution in [0.15, 0.2) is 66.7 Å². The Morgan fingerprint density at radius 1 is 1.00 bits per heavy atom. The number of hydrogen-bond donors (Lipinski definition) is 3. The number of nitrogens with one attached hydrogen (secondary N) is 1. The molecule has 0 radical (unpaired) electrons. The van der Waals surface area contributed by atoms with Crippen LogP contribution in [0.2, 0.25) is 0 Å². The van der Waals surface area contributed by atoms with Crippen LogP contribution in [0.25, 0.3) is 11.1 Å². The fraction of sp³-hybridized carbons (Fsp3) is 0.136. The molecule has 3 aromatic carbocycles. The Balaban J connectivity index is 1.81. The lowest BCUT2D eigenvalue weighted by molar-refractivity contribution is 0.102. The summed E-state index contributed by atoms with van der Waals surface area (Å²) in [5.74, 6) is 0.456. The van der Waals surface area contributed by atoms with E-state index in [4.69, 9.17) is 15.6 Å². The van der Waals surface area contributed by atoms with Gasteiger partial charge in [-0.1, -0.05) is 30.3 Å². The highest BCUT2D eigenvalue weighted by molar-refractivity contribution is 6.06. The number of amides is 1. The molecule has 138 valence electrons. The number of benzene rings is 3. The second-order valence-electron chi connectivity index (χ2n) is 6.16. The second-order valence-corrected chi connectivity index (χ2v) is 6.16. The van der Waals surface area contributed by atoms with Gasteiger partial charge in [0.15, 0.2) is 0 Å². The van der Waals surface area contributed by atoms with Gasteiger partial charge < -0.3 is 20.9 Å². The maximum Gasteiger partial charge on any atom is 0.255 e. The zero-order valence-electron chi connectivity index (χ0n) is 15.1. The highest BCUT2D eigenvalue weighted by atomic mass is 16.5. The number of nitrogens with two attached hydrogens (primary N) is 1. The van der Waals surface area contributed by atoms with Gasteiger partial charge in [0.2, 0.25) is 0 Å². The van der Waals surface area contributed by atoms with Crippen molar-refractivity contribution in [2.45, 2.75) is 6.42 Å². The van der Waals surface area contributed by atoms with Crippen molar-refractivity contribution in [2.24, 2.45) is 0 Å². The summed E-state index contributed by atoms with van der Waals surface area (Å²) in [5.41, 5.74) is 10.7. The number of anilines is 2. The number of aliphatic hydroxyl groups is 1. The van der Waals surface area contributed by atoms with Crippen molar-refractivity contribution in [3.05, 3.63) is 77.9 Å². The van der Waals surface area contributed by atoms with Crippen LogP contribution in [-0.4, -0.2) is 24.7 Å². The summed E-state index contributed by atoms with van der Waals surface area (Å²) in [7, 11) is 1.58. The van der Waals surface area contributed by atoms with Crippen molar-refractivity contribution in [3.8, 4) is 16.9 Å². The Morgan fingerprint density at radius 3 is 2.30 bits per heavy atom. The third-order valence-corrected chi connectivity index (χ3v) is 4.34. The highest BCUT2D eigenvalue weighted by Gasteiger charge is 2.10. The number of carbonyl (C=O) groups is 1. The Kier molecular flexibility index (Phi) is 5.74. The summed E-state index contributed by atoms with van der Waals surface area (Å²) >= 11 is 0. The van der Waals surface area contributed by atoms with Crippen molar-refractivity contribution in [1.82, 2.24) is 0 Å². The van der Waals surface area contributed by atoms with E-state index < -0.39 is 0 Å². The molecule has 0 heterocycles. The summed E-state index contributed by atoms with van der Waals surface area (Å²) in [6.45, 7) is 0.128. The number of methoxy groups -OCH3 is 1. The summed E-state index contributed by atoms with van der Waals surface area (Å²) in [6, 6.07) is 20.4. The van der Waals surface area contributed by atoms with Gasteiger partial charge in [-0.05, 0) is 59.5 Å². The maximum atomic E-state index is 12.5. The average Bonchev–Trinajstić information content (AvgIpc) is 2.70. The number of rotatable bonds is 6. The molecule has 0 bridgehead atoms. The first-order valence-corrected chi connectivity index (χ1v) is 8.66. The molecular formula is C22H22N2O3. The monoisotopic (exact) mass is 362 g/mol. The first-order valence-electron chi connectivity index (χ1n) is 8.66. The largest absolute Gasteiger partial charge is 0.497 e. The molecule has 1 amide bonds. The molecule has 3 aromatic rings. The number of nitrogen functional groups attached to an aromatic ring is 1. The van der Waals surface area contributed by atoms with Gasteiger partial charge in [0.25, 0.3) is 5.91 Å². The molecule has 0 saturated carbocycles. The van der Waals surface area contributed by atoms with Crippen LogP contribution in [0, 0.1) is 0 Å². The Labute approximate surface area is 158 Å². The summed E-state index contributed by atoms with van der Waals surface area (Å²) in [5, 5.41) is 11.9. The molecule has 27 heavy (non-hydrogen) atoms. The van der Waals surface area contributed by atoms with Gasteiger partial charge in [0, 0.05) is 12.2 Å². The molecule has 0 aliphatic carbocycles. The van der Waals surface area contributed by atoms with Crippen molar-refractivity contribution in [3.63, 3.8) is 0 Å². The van der Waals surface area contributed by atoms with Gasteiger partial charge in [-0.3, -0.25) is 4.79 Å². The quantitative estimate of drug-likeness (QED) is 0.583. The minimum absolute atomic E-state index is 0.128. The van der Waals surface area contributed by atoms with E-state index in [1.165, 1.54) is 0 Å². The number of aliphatic hydroxyl groups excluding tert-OH is 1. The summed E-state index contributed by atoms with van der Waals surface area (Å²) in [4.78, 5) is 12.5. The van der Waals surface area contributed by atoms with Crippen LogP contribution in [0.5, 0.6) is 5.75 Å². The van der Waals surface area contributed by atoms with Gasteiger partial charge in [-0.2, -0.15) is 0 Å². The van der Waals surface area contributed by atoms with Gasteiger partial charge in [0.1, 0.15) is 5.75 Å². The first kappa shape index (κ1) is 18.5. The molecule has 0 aromatic heterocycles. The predicted molar refractivity (Wildman–Crippen MR) is 108 cm³/mol. The number of ether oxygens (including phenoxy) is 1. The second kappa shape index (κ2) is 8.38. The average molecular weight is 362 g/mol. The fourth-order valence-electron chi connectivity index (χ4n) is 2.77. The van der Waals surface area contributed by atoms with E-state index >= 15 is 0 Å². The molecule has 5 nitrogen and oxygen atoms in total. The van der Waals surface area contributed by atoms with E-state index in [9.17, 15) is 4.79 Å². The van der Waals surface area contributed by atoms with Crippen LogP contribution < -0.4 is 15.8 Å². The lowest BCUT2D eigenvalue weighted by Gasteiger charge is -2.11. The van der Waals surface area contributed by atoms with Crippen LogP contribution in [0.1, 0.15) is 15.9 Å². The smallest absolute Gasteiger partial charge is 0.255 e. The van der Waals surface area contributed by atoms with Crippen LogP contribution in [-0.2, 0) is 6.42 Å². The van der Waals surface area contributed by atoms with Gasteiger partial charge in [0.05, 0.1) is 18.5 Å². The van der Waals surface area contributed by atoms with E-state index in [2.05, 4.69) is 5.32 Å². The topological polar surface area (TPSA) is 84.6 Å². The Hall–Kier alpha value is -3.31. The molecule has 0 aliphatic rings. The Morgan fingerprint density at radius 2 is 1.67 bits per heavy atom. The van der Waals surface area contributed by atoms with Crippen molar-refractivity contribution >= 4 is 17.3 Å². The number of carbonyl (C=O) groups excluding carboxylic acids is 1. The highest BCUT2D eigenvalue weighted by Crippen LogP contribution is 2.28. The van der Waals surface area contributed by atoms with Gasteiger partial charge >= 0.3 is 0 Å². The zero-order valence-corrected chi connectivity index (χ0v) is 15.1. The first-order chi connectivity index (χ1) is 13.1. The molecule has 0 saturated heterocycles. The van der Waals surface area contributed by atoms with Crippen molar-refractivity contribution < 1.29 is 14.6 Å². The molecule has 0 spiro atoms. The van der Waals surface area contributed by atoms with Gasteiger partial charge in [-0.25, -0.2) is 0 Å². The summed E-state index contributed by atoms with van der Waals surface area (Å²) < 4.78 is 5.11. The molecule has 0 unspecified atom stereocenters. The number of hydrogen-bond acceptors (Lipinski definition) is 4. The minimum Gasteiger partial charge on any atom is -0.497 e. The fourth-order valence-corrected chi connectivity index (χ4v) is 2.77. The lowest BCUT2D eigenvalue weighted by Crippen LogP contribution is -2.13. The molecule has 0 aliphatic heterocycles. The van der Waals surface area contributed by atoms with E-state index in [0.29, 0.717) is 29.1 Å². The normalized spacial score (nSPS) is 10.4. The predicted octanol–water partition coefficient (Wildman–Crippen LogP) is 3.73. The molecule has 3 rings (SSSR count). The van der Waals surface area contributed by atoms with Crippen molar-refractivity contribution in [1.29, 1.82) is 0 Å². The molecule has 5 heteroatoms. The molecule has 0 atom stereocenters. The maximum absolute atomic E-state index is 12.5. The standard InChI is InChI=1S/C22H22N2O3/c1-27-19-9-6-17(7-10-19)22(26)24-21-14-18(8-11-20(21)23)16-4-2-15(3-5-16)12-13-25/h2-11,14,25H,12-13,23H2,1H3,(H,24,26). The van der Waals surface area contributed by atoms with Crippen molar-refractivity contribution in [2.75, 3.05) is 24.8 Å². The summed E-state index contributed by atoms with van der Waals surface area (Å²) in [6.07, 6.45) is 0.630.